The first-order valence-electron chi connectivity index (χ1n) is 10.9. The van der Waals surface area contributed by atoms with Crippen LogP contribution in [0, 0.1) is 35.4 Å². The average Bonchev–Trinajstić information content (AvgIpc) is 3.51. The lowest BCUT2D eigenvalue weighted by Crippen LogP contribution is -2.06. The van der Waals surface area contributed by atoms with Gasteiger partial charge in [0.25, 0.3) is 0 Å². The molecule has 0 aliphatic heterocycles. The molecule has 5 rings (SSSR count). The van der Waals surface area contributed by atoms with Gasteiger partial charge in [-0.1, -0.05) is 30.3 Å². The second-order valence-electron chi connectivity index (χ2n) is 8.70. The van der Waals surface area contributed by atoms with Crippen molar-refractivity contribution < 1.29 is 4.39 Å². The largest absolute Gasteiger partial charge is 0.316 e. The van der Waals surface area contributed by atoms with Crippen LogP contribution in [0.25, 0.3) is 33.3 Å². The fourth-order valence-electron chi connectivity index (χ4n) is 4.58. The molecule has 33 heavy (non-hydrogen) atoms. The normalized spacial score (nSPS) is 14.1. The number of benzene rings is 3. The van der Waals surface area contributed by atoms with E-state index in [1.165, 1.54) is 6.07 Å². The van der Waals surface area contributed by atoms with Crippen LogP contribution in [0.3, 0.4) is 0 Å². The molecule has 0 saturated heterocycles. The average molecular weight is 436 g/mol. The van der Waals surface area contributed by atoms with Gasteiger partial charge >= 0.3 is 0 Å². The summed E-state index contributed by atoms with van der Waals surface area (Å²) >= 11 is 0. The molecule has 1 aliphatic rings. The Hall–Kier alpha value is -4.00. The number of aromatic amines is 1. The number of fused-ring (bicyclic) bond motifs is 1. The minimum atomic E-state index is -0.350. The van der Waals surface area contributed by atoms with Gasteiger partial charge in [-0.15, -0.1) is 0 Å². The first-order chi connectivity index (χ1) is 16.0. The highest BCUT2D eigenvalue weighted by molar-refractivity contribution is 5.97. The number of hydrogen-bond acceptors (Lipinski definition) is 4. The molecular formula is C27H22FN5. The molecular weight excluding hydrogens is 413 g/mol. The van der Waals surface area contributed by atoms with Crippen LogP contribution in [0.5, 0.6) is 0 Å². The fourth-order valence-corrected chi connectivity index (χ4v) is 4.58. The van der Waals surface area contributed by atoms with Gasteiger partial charge < -0.3 is 5.32 Å². The molecule has 5 nitrogen and oxygen atoms in total. The van der Waals surface area contributed by atoms with E-state index in [4.69, 9.17) is 0 Å². The monoisotopic (exact) mass is 435 g/mol. The number of hydrogen-bond donors (Lipinski definition) is 2. The summed E-state index contributed by atoms with van der Waals surface area (Å²) in [7, 11) is 1.82. The molecule has 1 heterocycles. The zero-order valence-corrected chi connectivity index (χ0v) is 18.5. The fraction of sp³-hybridized carbons (Fsp3) is 0.222. The minimum absolute atomic E-state index is 0.338. The van der Waals surface area contributed by atoms with E-state index in [-0.39, 0.29) is 11.2 Å². The van der Waals surface area contributed by atoms with Gasteiger partial charge in [-0.2, -0.15) is 15.6 Å². The summed E-state index contributed by atoms with van der Waals surface area (Å²) < 4.78 is 15.2. The van der Waals surface area contributed by atoms with Gasteiger partial charge in [0.2, 0.25) is 0 Å². The van der Waals surface area contributed by atoms with Crippen molar-refractivity contribution in [2.45, 2.75) is 31.7 Å². The zero-order chi connectivity index (χ0) is 23.2. The molecule has 1 fully saturated rings. The standard InChI is InChI=1S/C27H22FN5/c1-16-9-17(14-31-2)10-23(28)25(16)21-12-22-24(11-19(21)13-29)32-33-26(22)18-3-5-20(6-4-18)27(15-30)7-8-27/h3-6,9-12,31H,7-8,14H2,1-2H3,(H,32,33). The number of nitriles is 2. The Kier molecular flexibility index (Phi) is 4.96. The molecule has 0 radical (unpaired) electrons. The lowest BCUT2D eigenvalue weighted by Gasteiger charge is -2.13. The van der Waals surface area contributed by atoms with Crippen LogP contribution in [-0.2, 0) is 12.0 Å². The summed E-state index contributed by atoms with van der Waals surface area (Å²) in [5, 5.41) is 30.6. The molecule has 162 valence electrons. The lowest BCUT2D eigenvalue weighted by molar-refractivity contribution is 0.626. The van der Waals surface area contributed by atoms with Crippen molar-refractivity contribution in [3.05, 3.63) is 76.6 Å². The van der Waals surface area contributed by atoms with Crippen LogP contribution < -0.4 is 5.32 Å². The van der Waals surface area contributed by atoms with E-state index in [9.17, 15) is 10.5 Å². The quantitative estimate of drug-likeness (QED) is 0.434. The maximum Gasteiger partial charge on any atom is 0.131 e. The Bertz CT molecular complexity index is 1440. The van der Waals surface area contributed by atoms with Crippen LogP contribution in [-0.4, -0.2) is 17.2 Å². The summed E-state index contributed by atoms with van der Waals surface area (Å²) in [4.78, 5) is 0. The molecule has 1 saturated carbocycles. The second-order valence-corrected chi connectivity index (χ2v) is 8.70. The van der Waals surface area contributed by atoms with Crippen LogP contribution in [0.15, 0.2) is 48.5 Å². The minimum Gasteiger partial charge on any atom is -0.316 e. The van der Waals surface area contributed by atoms with Crippen molar-refractivity contribution in [3.8, 4) is 34.5 Å². The molecule has 0 amide bonds. The van der Waals surface area contributed by atoms with Gasteiger partial charge in [-0.25, -0.2) is 4.39 Å². The maximum absolute atomic E-state index is 15.2. The SMILES string of the molecule is CNCc1cc(C)c(-c2cc3c(-c4ccc(C5(C#N)CC5)cc4)n[nH]c3cc2C#N)c(F)c1. The van der Waals surface area contributed by atoms with Crippen molar-refractivity contribution in [2.75, 3.05) is 7.05 Å². The zero-order valence-electron chi connectivity index (χ0n) is 18.5. The molecule has 6 heteroatoms. The topological polar surface area (TPSA) is 88.3 Å². The molecule has 4 aromatic rings. The molecule has 2 N–H and O–H groups in total. The van der Waals surface area contributed by atoms with E-state index in [1.54, 1.807) is 6.07 Å². The molecule has 0 atom stereocenters. The maximum atomic E-state index is 15.2. The van der Waals surface area contributed by atoms with E-state index in [0.717, 1.165) is 51.7 Å². The van der Waals surface area contributed by atoms with Crippen molar-refractivity contribution >= 4 is 10.9 Å². The number of aryl methyl sites for hydroxylation is 1. The summed E-state index contributed by atoms with van der Waals surface area (Å²) in [6.07, 6.45) is 1.79. The number of nitrogens with one attached hydrogen (secondary N) is 2. The molecule has 1 aromatic heterocycles. The van der Waals surface area contributed by atoms with Crippen molar-refractivity contribution in [1.82, 2.24) is 15.5 Å². The Morgan fingerprint density at radius 1 is 1.12 bits per heavy atom. The third-order valence-corrected chi connectivity index (χ3v) is 6.49. The van der Waals surface area contributed by atoms with Crippen LogP contribution in [0.2, 0.25) is 0 Å². The van der Waals surface area contributed by atoms with Gasteiger partial charge in [0, 0.05) is 28.6 Å². The third-order valence-electron chi connectivity index (χ3n) is 6.49. The van der Waals surface area contributed by atoms with Crippen molar-refractivity contribution in [1.29, 1.82) is 10.5 Å². The highest BCUT2D eigenvalue weighted by atomic mass is 19.1. The number of halogens is 1. The molecule has 0 spiro atoms. The highest BCUT2D eigenvalue weighted by Gasteiger charge is 2.44. The molecule has 0 bridgehead atoms. The van der Waals surface area contributed by atoms with Gasteiger partial charge in [-0.05, 0) is 61.7 Å². The second kappa shape index (κ2) is 7.85. The van der Waals surface area contributed by atoms with E-state index >= 15 is 4.39 Å². The molecule has 3 aromatic carbocycles. The first kappa shape index (κ1) is 20.9. The molecule has 1 aliphatic carbocycles. The third kappa shape index (κ3) is 3.46. The first-order valence-corrected chi connectivity index (χ1v) is 10.9. The van der Waals surface area contributed by atoms with E-state index < -0.39 is 0 Å². The Morgan fingerprint density at radius 3 is 2.48 bits per heavy atom. The van der Waals surface area contributed by atoms with Crippen LogP contribution >= 0.6 is 0 Å². The van der Waals surface area contributed by atoms with E-state index in [0.29, 0.717) is 23.2 Å². The summed E-state index contributed by atoms with van der Waals surface area (Å²) in [5.41, 5.74) is 6.04. The number of H-pyrrole nitrogens is 1. The van der Waals surface area contributed by atoms with Gasteiger partial charge in [-0.3, -0.25) is 5.10 Å². The highest BCUT2D eigenvalue weighted by Crippen LogP contribution is 2.47. The number of rotatable bonds is 5. The number of nitrogens with zero attached hydrogens (tertiary/aromatic N) is 3. The van der Waals surface area contributed by atoms with Gasteiger partial charge in [0.15, 0.2) is 0 Å². The summed E-state index contributed by atoms with van der Waals surface area (Å²) in [6, 6.07) is 19.6. The van der Waals surface area contributed by atoms with Crippen LogP contribution in [0.4, 0.5) is 4.39 Å². The van der Waals surface area contributed by atoms with Gasteiger partial charge in [0.1, 0.15) is 5.82 Å². The Labute approximate surface area is 191 Å². The van der Waals surface area contributed by atoms with Gasteiger partial charge in [0.05, 0.1) is 34.3 Å². The van der Waals surface area contributed by atoms with Crippen molar-refractivity contribution in [2.24, 2.45) is 0 Å². The van der Waals surface area contributed by atoms with Crippen molar-refractivity contribution in [3.63, 3.8) is 0 Å². The lowest BCUT2D eigenvalue weighted by atomic mass is 9.92. The number of aromatic nitrogens is 2. The predicted molar refractivity (Wildman–Crippen MR) is 126 cm³/mol. The summed E-state index contributed by atoms with van der Waals surface area (Å²) in [6.45, 7) is 2.43. The van der Waals surface area contributed by atoms with E-state index in [2.05, 4.69) is 27.7 Å². The van der Waals surface area contributed by atoms with E-state index in [1.807, 2.05) is 50.4 Å². The molecule has 0 unspecified atom stereocenters. The Morgan fingerprint density at radius 2 is 1.88 bits per heavy atom. The Balaban J connectivity index is 1.63. The smallest absolute Gasteiger partial charge is 0.131 e. The van der Waals surface area contributed by atoms with Crippen LogP contribution in [0.1, 0.15) is 35.1 Å². The summed E-state index contributed by atoms with van der Waals surface area (Å²) in [5.74, 6) is -0.350. The predicted octanol–water partition coefficient (Wildman–Crippen LogP) is 5.49.